The molecule has 6 fully saturated rings. The first-order chi connectivity index (χ1) is 34.5. The van der Waals surface area contributed by atoms with Crippen molar-refractivity contribution in [2.75, 3.05) is 33.0 Å². The van der Waals surface area contributed by atoms with E-state index >= 15 is 0 Å². The number of aliphatic hydroxyl groups is 17. The summed E-state index contributed by atoms with van der Waals surface area (Å²) in [6, 6.07) is -1.78. The van der Waals surface area contributed by atoms with Crippen LogP contribution < -0.4 is 5.32 Å². The fourth-order valence-electron chi connectivity index (χ4n) is 9.40. The van der Waals surface area contributed by atoms with E-state index in [4.69, 9.17) is 56.8 Å². The zero-order valence-electron chi connectivity index (χ0n) is 40.1. The average Bonchev–Trinajstić information content (AvgIpc) is 3.46. The maximum atomic E-state index is 12.8. The Hall–Kier alpha value is -1.69. The molecule has 6 saturated heterocycles. The van der Waals surface area contributed by atoms with Crippen molar-refractivity contribution in [1.29, 1.82) is 0 Å². The minimum atomic E-state index is -2.19. The Balaban J connectivity index is 1.23. The number of rotatable bonds is 18. The van der Waals surface area contributed by atoms with Gasteiger partial charge < -0.3 is 149 Å². The molecule has 0 aromatic rings. The molecule has 18 unspecified atom stereocenters. The lowest BCUT2D eigenvalue weighted by atomic mass is 9.94. The van der Waals surface area contributed by atoms with E-state index in [1.165, 1.54) is 6.92 Å². The Morgan fingerprint density at radius 2 is 0.877 bits per heavy atom. The molecule has 0 aromatic carbocycles. The van der Waals surface area contributed by atoms with Crippen LogP contribution in [0.1, 0.15) is 34.1 Å². The second-order valence-electron chi connectivity index (χ2n) is 19.0. The summed E-state index contributed by atoms with van der Waals surface area (Å²) in [4.78, 5) is 12.8. The standard InChI is InChI=1S/C42H73NO30/c1-11(2)62-39-30(60)28(58)33(20(10-48)68-39)70-37-15(51)5-14(50)32(19(9-47)67-37)69-41-31(61)35(25(55)18(8-46)65-41)72-38-21(43-13(4)49)34(24(54)17(7-45)64-38)71-42-36(27(57)23(53)16(6-44)66-42)73-40-29(59)26(56)22(52)12(3)63-40/h11-12,14-42,44-48,50-61H,5-10H2,1-4H3,(H,43,49)/t12?,14?,15?,16?,17?,18?,19?,20?,21?,22-,23+,24+,25+,26?,27?,28?,29?,30?,31?,32-,33-,34?,35?,36?,37+,38+,39-,40+,41-,42+/m1/s1. The van der Waals surface area contributed by atoms with Crippen LogP contribution in [-0.2, 0) is 61.6 Å². The lowest BCUT2D eigenvalue weighted by Crippen LogP contribution is -2.70. The summed E-state index contributed by atoms with van der Waals surface area (Å²) in [5.74, 6) is -0.853. The third kappa shape index (κ3) is 13.4. The van der Waals surface area contributed by atoms with Crippen molar-refractivity contribution in [3.63, 3.8) is 0 Å². The van der Waals surface area contributed by atoms with E-state index in [-0.39, 0.29) is 0 Å². The number of hydrogen-bond donors (Lipinski definition) is 18. The van der Waals surface area contributed by atoms with Gasteiger partial charge in [0.2, 0.25) is 5.91 Å². The third-order valence-electron chi connectivity index (χ3n) is 13.4. The monoisotopic (exact) mass is 1070 g/mol. The predicted molar refractivity (Wildman–Crippen MR) is 228 cm³/mol. The molecule has 31 heteroatoms. The molecular formula is C42H73NO30. The van der Waals surface area contributed by atoms with Crippen LogP contribution in [0.4, 0.5) is 0 Å². The van der Waals surface area contributed by atoms with Crippen LogP contribution >= 0.6 is 0 Å². The Morgan fingerprint density at radius 3 is 1.47 bits per heavy atom. The van der Waals surface area contributed by atoms with Gasteiger partial charge in [-0.05, 0) is 20.8 Å². The van der Waals surface area contributed by atoms with Gasteiger partial charge >= 0.3 is 0 Å². The maximum absolute atomic E-state index is 12.8. The highest BCUT2D eigenvalue weighted by atomic mass is 16.8. The first-order valence-electron chi connectivity index (χ1n) is 23.8. The van der Waals surface area contributed by atoms with Gasteiger partial charge in [-0.3, -0.25) is 4.79 Å². The second-order valence-corrected chi connectivity index (χ2v) is 19.0. The van der Waals surface area contributed by atoms with Crippen LogP contribution in [0, 0.1) is 0 Å². The van der Waals surface area contributed by atoms with Crippen LogP contribution in [-0.4, -0.2) is 316 Å². The van der Waals surface area contributed by atoms with Gasteiger partial charge in [-0.25, -0.2) is 0 Å². The van der Waals surface area contributed by atoms with Crippen LogP contribution in [0.25, 0.3) is 0 Å². The van der Waals surface area contributed by atoms with Crippen molar-refractivity contribution in [2.24, 2.45) is 0 Å². The van der Waals surface area contributed by atoms with E-state index in [1.54, 1.807) is 13.8 Å². The van der Waals surface area contributed by atoms with Crippen molar-refractivity contribution < 1.29 is 148 Å². The van der Waals surface area contributed by atoms with E-state index in [9.17, 15) is 91.6 Å². The molecule has 6 aliphatic rings. The van der Waals surface area contributed by atoms with E-state index in [0.717, 1.165) is 6.92 Å². The number of aliphatic hydroxyl groups excluding tert-OH is 17. The van der Waals surface area contributed by atoms with Gasteiger partial charge in [0, 0.05) is 13.3 Å². The lowest BCUT2D eigenvalue weighted by Gasteiger charge is -2.50. The van der Waals surface area contributed by atoms with E-state index < -0.39 is 236 Å². The van der Waals surface area contributed by atoms with Crippen molar-refractivity contribution in [2.45, 2.75) is 224 Å². The Morgan fingerprint density at radius 1 is 0.438 bits per heavy atom. The summed E-state index contributed by atoms with van der Waals surface area (Å²) in [5, 5.41) is 186. The number of ether oxygens (including phenoxy) is 12. The Labute approximate surface area is 416 Å². The normalized spacial score (nSPS) is 50.1. The SMILES string of the molecule is CC(=O)NC1C(O[C@@H]2OC(CO)[C@H](O)C(O)C2O[C@@H]2OC(C)[C@@H](O)C(O)C2O)[C@@H](O)C(CO)O[C@H]1OC1C(O)[C@@H](O[C@@H]2C(O)CC(O)[C@H](O[C@@H]3C(CO)O[C@@H](OC(C)C)C(O)C3O)OC2CO)OC(CO)[C@@H]1O. The maximum Gasteiger partial charge on any atom is 0.217 e. The van der Waals surface area contributed by atoms with Crippen molar-refractivity contribution in [3.05, 3.63) is 0 Å². The summed E-state index contributed by atoms with van der Waals surface area (Å²) in [7, 11) is 0. The quantitative estimate of drug-likeness (QED) is 0.0606. The highest BCUT2D eigenvalue weighted by Gasteiger charge is 2.57. The summed E-state index contributed by atoms with van der Waals surface area (Å²) >= 11 is 0. The van der Waals surface area contributed by atoms with Crippen LogP contribution in [0.15, 0.2) is 0 Å². The first-order valence-corrected chi connectivity index (χ1v) is 23.8. The van der Waals surface area contributed by atoms with Gasteiger partial charge in [0.15, 0.2) is 37.7 Å². The number of hydrogen-bond acceptors (Lipinski definition) is 30. The number of amides is 1. The van der Waals surface area contributed by atoms with E-state index in [0.29, 0.717) is 0 Å². The molecule has 6 aliphatic heterocycles. The van der Waals surface area contributed by atoms with Gasteiger partial charge in [-0.15, -0.1) is 0 Å². The number of carbonyl (C=O) groups is 1. The molecular weight excluding hydrogens is 998 g/mol. The molecule has 0 aliphatic carbocycles. The summed E-state index contributed by atoms with van der Waals surface area (Å²) < 4.78 is 69.4. The highest BCUT2D eigenvalue weighted by Crippen LogP contribution is 2.37. The molecule has 0 bridgehead atoms. The van der Waals surface area contributed by atoms with Crippen molar-refractivity contribution in [3.8, 4) is 0 Å². The van der Waals surface area contributed by atoms with Gasteiger partial charge in [-0.2, -0.15) is 0 Å². The van der Waals surface area contributed by atoms with Gasteiger partial charge in [-0.1, -0.05) is 0 Å². The molecule has 31 nitrogen and oxygen atoms in total. The third-order valence-corrected chi connectivity index (χ3v) is 13.4. The summed E-state index contributed by atoms with van der Waals surface area (Å²) in [6.45, 7) is 0.883. The van der Waals surface area contributed by atoms with E-state index in [1.807, 2.05) is 0 Å². The van der Waals surface area contributed by atoms with E-state index in [2.05, 4.69) is 5.32 Å². The first kappa shape index (κ1) is 60.5. The highest BCUT2D eigenvalue weighted by molar-refractivity contribution is 5.73. The summed E-state index contributed by atoms with van der Waals surface area (Å²) in [5.41, 5.74) is 0. The van der Waals surface area contributed by atoms with Crippen molar-refractivity contribution >= 4 is 5.91 Å². The molecule has 1 amide bonds. The molecule has 0 radical (unpaired) electrons. The van der Waals surface area contributed by atoms with Crippen LogP contribution in [0.3, 0.4) is 0 Å². The molecule has 30 atom stereocenters. The number of carbonyl (C=O) groups excluding carboxylic acids is 1. The molecule has 0 saturated carbocycles. The molecule has 0 spiro atoms. The molecule has 73 heavy (non-hydrogen) atoms. The van der Waals surface area contributed by atoms with Gasteiger partial charge in [0.1, 0.15) is 134 Å². The molecule has 18 N–H and O–H groups in total. The molecule has 6 rings (SSSR count). The fourth-order valence-corrected chi connectivity index (χ4v) is 9.40. The van der Waals surface area contributed by atoms with Crippen molar-refractivity contribution in [1.82, 2.24) is 5.32 Å². The Bertz CT molecular complexity index is 1690. The Kier molecular flexibility index (Phi) is 21.8. The average molecular weight is 1070 g/mol. The second kappa shape index (κ2) is 26.3. The summed E-state index contributed by atoms with van der Waals surface area (Å²) in [6.07, 6.45) is -53.2. The van der Waals surface area contributed by atoms with Crippen LogP contribution in [0.5, 0.6) is 0 Å². The number of nitrogens with one attached hydrogen (secondary N) is 1. The molecule has 6 heterocycles. The smallest absolute Gasteiger partial charge is 0.217 e. The zero-order chi connectivity index (χ0) is 53.9. The van der Waals surface area contributed by atoms with Gasteiger partial charge in [0.25, 0.3) is 0 Å². The van der Waals surface area contributed by atoms with Crippen LogP contribution in [0.2, 0.25) is 0 Å². The minimum Gasteiger partial charge on any atom is -0.394 e. The van der Waals surface area contributed by atoms with Gasteiger partial charge in [0.05, 0.1) is 51.3 Å². The fraction of sp³-hybridized carbons (Fsp3) is 0.976. The minimum absolute atomic E-state index is 0.475. The molecule has 426 valence electrons. The largest absolute Gasteiger partial charge is 0.394 e. The zero-order valence-corrected chi connectivity index (χ0v) is 40.1. The predicted octanol–water partition coefficient (Wildman–Crippen LogP) is -11.1. The topological polar surface area (TPSA) is 484 Å². The molecule has 0 aromatic heterocycles. The lowest BCUT2D eigenvalue weighted by molar-refractivity contribution is -0.388.